The Labute approximate surface area is 144 Å². The second-order valence-electron chi connectivity index (χ2n) is 6.22. The zero-order chi connectivity index (χ0) is 17.3. The molecule has 1 unspecified atom stereocenters. The van der Waals surface area contributed by atoms with Gasteiger partial charge < -0.3 is 14.7 Å². The summed E-state index contributed by atoms with van der Waals surface area (Å²) in [5.74, 6) is -0.488. The van der Waals surface area contributed by atoms with E-state index in [9.17, 15) is 14.7 Å². The lowest BCUT2D eigenvalue weighted by molar-refractivity contribution is -0.147. The van der Waals surface area contributed by atoms with Crippen LogP contribution < -0.4 is 4.74 Å². The number of carbonyl (C=O) groups excluding carboxylic acids is 1. The molecule has 0 radical (unpaired) electrons. The molecule has 0 saturated carbocycles. The van der Waals surface area contributed by atoms with Crippen molar-refractivity contribution in [2.45, 2.75) is 13.3 Å². The first-order chi connectivity index (χ1) is 11.4. The van der Waals surface area contributed by atoms with Crippen molar-refractivity contribution in [3.8, 4) is 16.2 Å². The van der Waals surface area contributed by atoms with Gasteiger partial charge in [0.2, 0.25) is 0 Å². The Morgan fingerprint density at radius 1 is 1.29 bits per heavy atom. The number of hydrogen-bond acceptors (Lipinski definition) is 4. The normalized spacial score (nSPS) is 20.2. The second-order valence-corrected chi connectivity index (χ2v) is 7.27. The molecular weight excluding hydrogens is 326 g/mol. The van der Waals surface area contributed by atoms with Crippen molar-refractivity contribution in [3.05, 3.63) is 41.3 Å². The van der Waals surface area contributed by atoms with E-state index in [-0.39, 0.29) is 12.5 Å². The second kappa shape index (κ2) is 6.28. The monoisotopic (exact) mass is 345 g/mol. The highest BCUT2D eigenvalue weighted by molar-refractivity contribution is 7.17. The van der Waals surface area contributed by atoms with E-state index in [0.29, 0.717) is 23.6 Å². The van der Waals surface area contributed by atoms with Gasteiger partial charge in [-0.1, -0.05) is 30.3 Å². The van der Waals surface area contributed by atoms with Gasteiger partial charge in [0, 0.05) is 18.0 Å². The molecule has 1 amide bonds. The summed E-state index contributed by atoms with van der Waals surface area (Å²) in [4.78, 5) is 27.3. The largest absolute Gasteiger partial charge is 0.495 e. The number of rotatable bonds is 4. The summed E-state index contributed by atoms with van der Waals surface area (Å²) >= 11 is 1.38. The molecule has 126 valence electrons. The molecule has 2 aromatic rings. The van der Waals surface area contributed by atoms with Crippen LogP contribution in [0.2, 0.25) is 0 Å². The van der Waals surface area contributed by atoms with Gasteiger partial charge in [-0.3, -0.25) is 9.59 Å². The first-order valence-corrected chi connectivity index (χ1v) is 8.52. The third-order valence-electron chi connectivity index (χ3n) is 4.45. The molecular formula is C18H19NO4S. The lowest BCUT2D eigenvalue weighted by atomic mass is 9.90. The molecule has 1 saturated heterocycles. The van der Waals surface area contributed by atoms with Gasteiger partial charge in [0.1, 0.15) is 10.6 Å². The molecule has 1 fully saturated rings. The van der Waals surface area contributed by atoms with Gasteiger partial charge in [-0.05, 0) is 25.0 Å². The molecule has 1 atom stereocenters. The lowest BCUT2D eigenvalue weighted by Gasteiger charge is -2.20. The molecule has 6 heteroatoms. The van der Waals surface area contributed by atoms with Gasteiger partial charge in [-0.2, -0.15) is 0 Å². The van der Waals surface area contributed by atoms with Gasteiger partial charge in [-0.15, -0.1) is 11.3 Å². The molecule has 1 N–H and O–H groups in total. The average Bonchev–Trinajstić information content (AvgIpc) is 3.20. The number of carboxylic acids is 1. The van der Waals surface area contributed by atoms with E-state index >= 15 is 0 Å². The molecule has 5 nitrogen and oxygen atoms in total. The number of amides is 1. The van der Waals surface area contributed by atoms with Gasteiger partial charge >= 0.3 is 5.97 Å². The predicted octanol–water partition coefficient (Wildman–Crippen LogP) is 3.36. The topological polar surface area (TPSA) is 66.8 Å². The fourth-order valence-electron chi connectivity index (χ4n) is 2.87. The number of thiophene rings is 1. The zero-order valence-electron chi connectivity index (χ0n) is 13.6. The number of methoxy groups -OCH3 is 1. The summed E-state index contributed by atoms with van der Waals surface area (Å²) in [6.07, 6.45) is 0.466. The fraction of sp³-hybridized carbons (Fsp3) is 0.333. The summed E-state index contributed by atoms with van der Waals surface area (Å²) in [6, 6.07) is 11.7. The van der Waals surface area contributed by atoms with E-state index in [1.165, 1.54) is 11.3 Å². The zero-order valence-corrected chi connectivity index (χ0v) is 14.4. The van der Waals surface area contributed by atoms with Crippen LogP contribution >= 0.6 is 11.3 Å². The molecule has 1 aliphatic rings. The molecule has 1 aromatic carbocycles. The smallest absolute Gasteiger partial charge is 0.311 e. The van der Waals surface area contributed by atoms with E-state index in [1.807, 2.05) is 36.4 Å². The Hall–Kier alpha value is -2.34. The number of carbonyl (C=O) groups is 2. The van der Waals surface area contributed by atoms with Crippen molar-refractivity contribution in [2.24, 2.45) is 5.41 Å². The number of likely N-dealkylation sites (tertiary alicyclic amines) is 1. The third kappa shape index (κ3) is 2.89. The highest BCUT2D eigenvalue weighted by atomic mass is 32.1. The molecule has 3 rings (SSSR count). The number of hydrogen-bond donors (Lipinski definition) is 1. The van der Waals surface area contributed by atoms with Gasteiger partial charge in [0.25, 0.3) is 5.91 Å². The molecule has 2 heterocycles. The summed E-state index contributed by atoms with van der Waals surface area (Å²) in [5, 5.41) is 9.34. The maximum atomic E-state index is 12.8. The molecule has 0 aliphatic carbocycles. The highest BCUT2D eigenvalue weighted by Crippen LogP contribution is 2.39. The minimum Gasteiger partial charge on any atom is -0.495 e. The SMILES string of the molecule is COc1cc(-c2ccccc2)sc1C(=O)N1CCC(C)(C(=O)O)C1. The Balaban J connectivity index is 1.88. The van der Waals surface area contributed by atoms with Gasteiger partial charge in [0.15, 0.2) is 0 Å². The van der Waals surface area contributed by atoms with Crippen LogP contribution in [0.4, 0.5) is 0 Å². The summed E-state index contributed by atoms with van der Waals surface area (Å²) in [5.41, 5.74) is 0.152. The molecule has 0 spiro atoms. The van der Waals surface area contributed by atoms with Crippen molar-refractivity contribution in [1.29, 1.82) is 0 Å². The van der Waals surface area contributed by atoms with Crippen molar-refractivity contribution < 1.29 is 19.4 Å². The third-order valence-corrected chi connectivity index (χ3v) is 5.60. The first-order valence-electron chi connectivity index (χ1n) is 7.70. The van der Waals surface area contributed by atoms with E-state index in [2.05, 4.69) is 0 Å². The standard InChI is InChI=1S/C18H19NO4S/c1-18(17(21)22)8-9-19(11-18)16(20)15-13(23-2)10-14(24-15)12-6-4-3-5-7-12/h3-7,10H,8-9,11H2,1-2H3,(H,21,22). The number of ether oxygens (including phenoxy) is 1. The van der Waals surface area contributed by atoms with Crippen LogP contribution in [-0.2, 0) is 4.79 Å². The summed E-state index contributed by atoms with van der Waals surface area (Å²) < 4.78 is 5.37. The quantitative estimate of drug-likeness (QED) is 0.923. The summed E-state index contributed by atoms with van der Waals surface area (Å²) in [6.45, 7) is 2.36. The van der Waals surface area contributed by atoms with Crippen molar-refractivity contribution >= 4 is 23.2 Å². The minimum atomic E-state index is -0.873. The van der Waals surface area contributed by atoms with Crippen molar-refractivity contribution in [1.82, 2.24) is 4.90 Å². The fourth-order valence-corrected chi connectivity index (χ4v) is 3.97. The molecule has 1 aliphatic heterocycles. The van der Waals surface area contributed by atoms with Gasteiger partial charge in [-0.25, -0.2) is 0 Å². The maximum absolute atomic E-state index is 12.8. The Morgan fingerprint density at radius 3 is 2.58 bits per heavy atom. The number of nitrogens with zero attached hydrogens (tertiary/aromatic N) is 1. The average molecular weight is 345 g/mol. The predicted molar refractivity (Wildman–Crippen MR) is 92.6 cm³/mol. The van der Waals surface area contributed by atoms with E-state index in [0.717, 1.165) is 10.4 Å². The van der Waals surface area contributed by atoms with Crippen LogP contribution in [0.15, 0.2) is 36.4 Å². The first kappa shape index (κ1) is 16.5. The van der Waals surface area contributed by atoms with Crippen LogP contribution in [0, 0.1) is 5.41 Å². The Bertz CT molecular complexity index is 771. The molecule has 0 bridgehead atoms. The minimum absolute atomic E-state index is 0.163. The highest BCUT2D eigenvalue weighted by Gasteiger charge is 2.43. The van der Waals surface area contributed by atoms with Crippen LogP contribution in [0.3, 0.4) is 0 Å². The maximum Gasteiger partial charge on any atom is 0.311 e. The van der Waals surface area contributed by atoms with Crippen LogP contribution in [0.5, 0.6) is 5.75 Å². The van der Waals surface area contributed by atoms with E-state index in [1.54, 1.807) is 18.9 Å². The van der Waals surface area contributed by atoms with Crippen LogP contribution in [0.1, 0.15) is 23.0 Å². The van der Waals surface area contributed by atoms with E-state index in [4.69, 9.17) is 4.74 Å². The summed E-state index contributed by atoms with van der Waals surface area (Å²) in [7, 11) is 1.54. The van der Waals surface area contributed by atoms with Crippen molar-refractivity contribution in [2.75, 3.05) is 20.2 Å². The lowest BCUT2D eigenvalue weighted by Crippen LogP contribution is -2.34. The van der Waals surface area contributed by atoms with Crippen LogP contribution in [0.25, 0.3) is 10.4 Å². The van der Waals surface area contributed by atoms with Crippen LogP contribution in [-0.4, -0.2) is 42.1 Å². The number of aliphatic carboxylic acids is 1. The van der Waals surface area contributed by atoms with Gasteiger partial charge in [0.05, 0.1) is 12.5 Å². The molecule has 1 aromatic heterocycles. The number of carboxylic acid groups (broad SMARTS) is 1. The number of benzene rings is 1. The van der Waals surface area contributed by atoms with E-state index < -0.39 is 11.4 Å². The molecule has 24 heavy (non-hydrogen) atoms. The van der Waals surface area contributed by atoms with Crippen molar-refractivity contribution in [3.63, 3.8) is 0 Å². The Kier molecular flexibility index (Phi) is 4.32. The Morgan fingerprint density at radius 2 is 2.00 bits per heavy atom.